The minimum atomic E-state index is -5.08. The number of carbonyl (C=O) groups excluding carboxylic acids is 1. The molecule has 4 nitrogen and oxygen atoms in total. The maximum Gasteiger partial charge on any atom is 0.573 e. The van der Waals surface area contributed by atoms with Gasteiger partial charge in [0.25, 0.3) is 0 Å². The standard InChI is InChI=1S/C15H6BrF8NO3/c16-8-3-7(28-15(22,23)24)4-11(25-5-26)12(8)27-13-9(17)1-6(2-10(13)18)14(19,20)21/h1-5H,(H,25,26). The molecule has 0 aliphatic carbocycles. The molecular weight excluding hydrogens is 474 g/mol. The van der Waals surface area contributed by atoms with Crippen molar-refractivity contribution >= 4 is 28.0 Å². The fourth-order valence-electron chi connectivity index (χ4n) is 1.96. The molecule has 152 valence electrons. The molecule has 0 aromatic heterocycles. The van der Waals surface area contributed by atoms with Gasteiger partial charge in [-0.1, -0.05) is 0 Å². The molecule has 13 heteroatoms. The molecule has 2 rings (SSSR count). The summed E-state index contributed by atoms with van der Waals surface area (Å²) in [4.78, 5) is 10.7. The number of alkyl halides is 6. The van der Waals surface area contributed by atoms with Crippen LogP contribution in [0.5, 0.6) is 17.2 Å². The predicted octanol–water partition coefficient (Wildman–Crippen LogP) is 6.01. The molecule has 0 atom stereocenters. The molecule has 0 aliphatic rings. The van der Waals surface area contributed by atoms with Crippen molar-refractivity contribution in [2.24, 2.45) is 0 Å². The van der Waals surface area contributed by atoms with E-state index in [1.54, 1.807) is 0 Å². The molecule has 1 N–H and O–H groups in total. The monoisotopic (exact) mass is 479 g/mol. The van der Waals surface area contributed by atoms with Gasteiger partial charge in [0.05, 0.1) is 15.7 Å². The van der Waals surface area contributed by atoms with Gasteiger partial charge in [0.2, 0.25) is 6.41 Å². The first kappa shape index (κ1) is 21.7. The van der Waals surface area contributed by atoms with Gasteiger partial charge in [-0.2, -0.15) is 13.2 Å². The van der Waals surface area contributed by atoms with Crippen LogP contribution >= 0.6 is 15.9 Å². The highest BCUT2D eigenvalue weighted by Gasteiger charge is 2.34. The molecule has 0 spiro atoms. The van der Waals surface area contributed by atoms with Crippen molar-refractivity contribution in [2.45, 2.75) is 12.5 Å². The molecule has 0 unspecified atom stereocenters. The van der Waals surface area contributed by atoms with Crippen LogP contribution in [-0.2, 0) is 11.0 Å². The van der Waals surface area contributed by atoms with Crippen LogP contribution < -0.4 is 14.8 Å². The van der Waals surface area contributed by atoms with Crippen LogP contribution in [0.1, 0.15) is 5.56 Å². The van der Waals surface area contributed by atoms with E-state index in [1.807, 2.05) is 5.32 Å². The number of benzene rings is 2. The molecule has 0 aliphatic heterocycles. The summed E-state index contributed by atoms with van der Waals surface area (Å²) < 4.78 is 111. The van der Waals surface area contributed by atoms with Gasteiger partial charge < -0.3 is 14.8 Å². The van der Waals surface area contributed by atoms with Crippen LogP contribution in [0, 0.1) is 11.6 Å². The zero-order chi connectivity index (χ0) is 21.3. The quantitative estimate of drug-likeness (QED) is 0.422. The minimum Gasteiger partial charge on any atom is -0.448 e. The number of halogens is 9. The number of amides is 1. The Morgan fingerprint density at radius 1 is 0.929 bits per heavy atom. The van der Waals surface area contributed by atoms with Gasteiger partial charge in [-0.15, -0.1) is 13.2 Å². The Kier molecular flexibility index (Phi) is 6.06. The maximum atomic E-state index is 13.9. The van der Waals surface area contributed by atoms with Crippen molar-refractivity contribution in [3.8, 4) is 17.2 Å². The highest BCUT2D eigenvalue weighted by molar-refractivity contribution is 9.10. The Hall–Kier alpha value is -2.57. The van der Waals surface area contributed by atoms with E-state index < -0.39 is 52.7 Å². The third-order valence-electron chi connectivity index (χ3n) is 2.99. The number of hydrogen-bond donors (Lipinski definition) is 1. The first-order chi connectivity index (χ1) is 12.8. The van der Waals surface area contributed by atoms with Crippen LogP contribution in [0.25, 0.3) is 0 Å². The number of hydrogen-bond acceptors (Lipinski definition) is 3. The normalized spacial score (nSPS) is 11.9. The molecule has 0 bridgehead atoms. The minimum absolute atomic E-state index is 0.0193. The summed E-state index contributed by atoms with van der Waals surface area (Å²) in [5.74, 6) is -6.13. The zero-order valence-corrected chi connectivity index (χ0v) is 14.6. The summed E-state index contributed by atoms with van der Waals surface area (Å²) in [6.07, 6.45) is -10.1. The Morgan fingerprint density at radius 2 is 1.50 bits per heavy atom. The fraction of sp³-hybridized carbons (Fsp3) is 0.133. The van der Waals surface area contributed by atoms with Gasteiger partial charge in [-0.3, -0.25) is 4.79 Å². The molecular formula is C15H6BrF8NO3. The molecule has 0 saturated carbocycles. The van der Waals surface area contributed by atoms with E-state index in [2.05, 4.69) is 20.7 Å². The highest BCUT2D eigenvalue weighted by atomic mass is 79.9. The van der Waals surface area contributed by atoms with E-state index in [0.29, 0.717) is 12.1 Å². The summed E-state index contributed by atoms with van der Waals surface area (Å²) in [5.41, 5.74) is -2.13. The van der Waals surface area contributed by atoms with Gasteiger partial charge in [-0.05, 0) is 34.1 Å². The van der Waals surface area contributed by atoms with Gasteiger partial charge >= 0.3 is 12.5 Å². The average molecular weight is 480 g/mol. The topological polar surface area (TPSA) is 47.6 Å². The molecule has 0 radical (unpaired) electrons. The van der Waals surface area contributed by atoms with E-state index in [-0.39, 0.29) is 23.0 Å². The summed E-state index contributed by atoms with van der Waals surface area (Å²) in [6.45, 7) is 0. The first-order valence-electron chi connectivity index (χ1n) is 6.85. The van der Waals surface area contributed by atoms with Gasteiger partial charge in [0, 0.05) is 6.07 Å². The lowest BCUT2D eigenvalue weighted by molar-refractivity contribution is -0.274. The smallest absolute Gasteiger partial charge is 0.448 e. The lowest BCUT2D eigenvalue weighted by atomic mass is 10.2. The lowest BCUT2D eigenvalue weighted by Crippen LogP contribution is -2.17. The Labute approximate surface area is 159 Å². The molecule has 0 fully saturated rings. The van der Waals surface area contributed by atoms with E-state index in [1.165, 1.54) is 0 Å². The van der Waals surface area contributed by atoms with Gasteiger partial charge in [0.1, 0.15) is 5.75 Å². The zero-order valence-electron chi connectivity index (χ0n) is 13.0. The van der Waals surface area contributed by atoms with E-state index in [4.69, 9.17) is 4.74 Å². The largest absolute Gasteiger partial charge is 0.573 e. The SMILES string of the molecule is O=CNc1cc(OC(F)(F)F)cc(Br)c1Oc1c(F)cc(C(F)(F)F)cc1F. The third-order valence-corrected chi connectivity index (χ3v) is 3.58. The van der Waals surface area contributed by atoms with Crippen LogP contribution in [0.4, 0.5) is 40.8 Å². The average Bonchev–Trinajstić information content (AvgIpc) is 2.50. The van der Waals surface area contributed by atoms with E-state index in [0.717, 1.165) is 0 Å². The van der Waals surface area contributed by atoms with Crippen molar-refractivity contribution < 1.29 is 49.4 Å². The van der Waals surface area contributed by atoms with Crippen LogP contribution in [0.15, 0.2) is 28.7 Å². The second kappa shape index (κ2) is 7.81. The summed E-state index contributed by atoms with van der Waals surface area (Å²) in [5, 5.41) is 1.93. The lowest BCUT2D eigenvalue weighted by Gasteiger charge is -2.17. The van der Waals surface area contributed by atoms with Gasteiger partial charge in [-0.25, -0.2) is 8.78 Å². The molecule has 2 aromatic rings. The summed E-state index contributed by atoms with van der Waals surface area (Å²) in [7, 11) is 0. The molecule has 2 aromatic carbocycles. The van der Waals surface area contributed by atoms with Crippen LogP contribution in [-0.4, -0.2) is 12.8 Å². The summed E-state index contributed by atoms with van der Waals surface area (Å²) >= 11 is 2.78. The molecule has 28 heavy (non-hydrogen) atoms. The number of anilines is 1. The molecule has 1 amide bonds. The van der Waals surface area contributed by atoms with Crippen molar-refractivity contribution in [3.63, 3.8) is 0 Å². The van der Waals surface area contributed by atoms with Crippen molar-refractivity contribution in [2.75, 3.05) is 5.32 Å². The van der Waals surface area contributed by atoms with Crippen LogP contribution in [0.3, 0.4) is 0 Å². The Bertz CT molecular complexity index is 875. The Morgan fingerprint density at radius 3 is 1.96 bits per heavy atom. The van der Waals surface area contributed by atoms with Gasteiger partial charge in [0.15, 0.2) is 23.1 Å². The summed E-state index contributed by atoms with van der Waals surface area (Å²) in [6, 6.07) is 1.28. The molecule has 0 saturated heterocycles. The maximum absolute atomic E-state index is 13.9. The van der Waals surface area contributed by atoms with Crippen molar-refractivity contribution in [1.29, 1.82) is 0 Å². The van der Waals surface area contributed by atoms with E-state index >= 15 is 0 Å². The Balaban J connectivity index is 2.50. The number of ether oxygens (including phenoxy) is 2. The van der Waals surface area contributed by atoms with Crippen molar-refractivity contribution in [3.05, 3.63) is 45.9 Å². The number of rotatable bonds is 5. The molecule has 0 heterocycles. The number of nitrogens with one attached hydrogen (secondary N) is 1. The number of carbonyl (C=O) groups is 1. The third kappa shape index (κ3) is 5.24. The second-order valence-corrected chi connectivity index (χ2v) is 5.81. The van der Waals surface area contributed by atoms with E-state index in [9.17, 15) is 39.9 Å². The fourth-order valence-corrected chi connectivity index (χ4v) is 2.48. The van der Waals surface area contributed by atoms with Crippen LogP contribution in [0.2, 0.25) is 0 Å². The highest BCUT2D eigenvalue weighted by Crippen LogP contribution is 2.43. The second-order valence-electron chi connectivity index (χ2n) is 4.96. The first-order valence-corrected chi connectivity index (χ1v) is 7.64. The predicted molar refractivity (Wildman–Crippen MR) is 81.9 cm³/mol. The van der Waals surface area contributed by atoms with Crippen molar-refractivity contribution in [1.82, 2.24) is 0 Å².